The Morgan fingerprint density at radius 3 is 2.81 bits per heavy atom. The highest BCUT2D eigenvalue weighted by atomic mass is 16.1. The van der Waals surface area contributed by atoms with Gasteiger partial charge in [0.05, 0.1) is 10.9 Å². The summed E-state index contributed by atoms with van der Waals surface area (Å²) < 4.78 is 3.02. The number of nitrogens with one attached hydrogen (secondary N) is 1. The van der Waals surface area contributed by atoms with Crippen molar-refractivity contribution in [2.24, 2.45) is 7.05 Å². The van der Waals surface area contributed by atoms with E-state index in [0.29, 0.717) is 29.6 Å². The minimum absolute atomic E-state index is 0.113. The molecule has 0 aliphatic heterocycles. The quantitative estimate of drug-likeness (QED) is 0.779. The molecule has 21 heavy (non-hydrogen) atoms. The van der Waals surface area contributed by atoms with E-state index in [-0.39, 0.29) is 11.1 Å². The average Bonchev–Trinajstić information content (AvgIpc) is 2.74. The van der Waals surface area contributed by atoms with Gasteiger partial charge >= 0.3 is 0 Å². The average molecular weight is 284 g/mol. The molecule has 6 heteroatoms. The van der Waals surface area contributed by atoms with Crippen LogP contribution in [0.1, 0.15) is 11.4 Å². The first-order valence-corrected chi connectivity index (χ1v) is 6.77. The van der Waals surface area contributed by atoms with Gasteiger partial charge in [-0.3, -0.25) is 24.4 Å². The van der Waals surface area contributed by atoms with Crippen molar-refractivity contribution >= 4 is 10.9 Å². The number of aryl methyl sites for hydroxylation is 3. The third-order valence-corrected chi connectivity index (χ3v) is 3.69. The summed E-state index contributed by atoms with van der Waals surface area (Å²) in [6.45, 7) is 2.31. The SMILES string of the molecule is Cc1c2c(=O)n(C)[nH]c2cc(=O)n1CCc1ccccn1. The Morgan fingerprint density at radius 2 is 2.10 bits per heavy atom. The normalized spacial score (nSPS) is 11.1. The molecule has 3 rings (SSSR count). The molecule has 108 valence electrons. The van der Waals surface area contributed by atoms with Gasteiger partial charge in [0.1, 0.15) is 0 Å². The molecule has 0 aromatic carbocycles. The molecular weight excluding hydrogens is 268 g/mol. The minimum Gasteiger partial charge on any atom is -0.312 e. The van der Waals surface area contributed by atoms with Crippen LogP contribution in [0.15, 0.2) is 40.1 Å². The Morgan fingerprint density at radius 1 is 1.29 bits per heavy atom. The molecule has 3 heterocycles. The van der Waals surface area contributed by atoms with E-state index >= 15 is 0 Å². The maximum Gasteiger partial charge on any atom is 0.275 e. The first-order valence-electron chi connectivity index (χ1n) is 6.77. The summed E-state index contributed by atoms with van der Waals surface area (Å²) >= 11 is 0. The highest BCUT2D eigenvalue weighted by Gasteiger charge is 2.12. The number of fused-ring (bicyclic) bond motifs is 1. The Balaban J connectivity index is 2.04. The van der Waals surface area contributed by atoms with Gasteiger partial charge in [-0.15, -0.1) is 0 Å². The number of aromatic nitrogens is 4. The fourth-order valence-corrected chi connectivity index (χ4v) is 2.58. The standard InChI is InChI=1S/C15H16N4O2/c1-10-14-12(17-18(2)15(14)21)9-13(20)19(10)8-6-11-5-3-4-7-16-11/h3-5,7,9,17H,6,8H2,1-2H3. The van der Waals surface area contributed by atoms with Crippen molar-refractivity contribution in [2.75, 3.05) is 0 Å². The Kier molecular flexibility index (Phi) is 3.21. The lowest BCUT2D eigenvalue weighted by atomic mass is 10.2. The van der Waals surface area contributed by atoms with Gasteiger partial charge in [0, 0.05) is 43.7 Å². The number of aromatic amines is 1. The number of hydrogen-bond acceptors (Lipinski definition) is 3. The van der Waals surface area contributed by atoms with Crippen LogP contribution < -0.4 is 11.1 Å². The summed E-state index contributed by atoms with van der Waals surface area (Å²) in [5, 5.41) is 3.46. The van der Waals surface area contributed by atoms with Crippen molar-refractivity contribution in [1.29, 1.82) is 0 Å². The van der Waals surface area contributed by atoms with E-state index in [1.807, 2.05) is 18.2 Å². The van der Waals surface area contributed by atoms with E-state index in [1.54, 1.807) is 24.7 Å². The van der Waals surface area contributed by atoms with Crippen LogP contribution in [0.2, 0.25) is 0 Å². The molecule has 6 nitrogen and oxygen atoms in total. The van der Waals surface area contributed by atoms with E-state index in [0.717, 1.165) is 5.69 Å². The van der Waals surface area contributed by atoms with Crippen LogP contribution in [-0.2, 0) is 20.0 Å². The van der Waals surface area contributed by atoms with Crippen molar-refractivity contribution in [3.05, 3.63) is 62.6 Å². The molecule has 0 radical (unpaired) electrons. The number of hydrogen-bond donors (Lipinski definition) is 1. The van der Waals surface area contributed by atoms with Gasteiger partial charge in [0.25, 0.3) is 11.1 Å². The van der Waals surface area contributed by atoms with Gasteiger partial charge in [-0.05, 0) is 19.1 Å². The van der Waals surface area contributed by atoms with Gasteiger partial charge in [0.15, 0.2) is 0 Å². The van der Waals surface area contributed by atoms with E-state index in [4.69, 9.17) is 0 Å². The maximum atomic E-state index is 12.2. The van der Waals surface area contributed by atoms with Crippen molar-refractivity contribution in [1.82, 2.24) is 19.3 Å². The molecule has 0 atom stereocenters. The molecule has 0 unspecified atom stereocenters. The second kappa shape index (κ2) is 5.05. The van der Waals surface area contributed by atoms with E-state index < -0.39 is 0 Å². The van der Waals surface area contributed by atoms with Crippen LogP contribution in [0.5, 0.6) is 0 Å². The second-order valence-corrected chi connectivity index (χ2v) is 5.06. The predicted octanol–water partition coefficient (Wildman–Crippen LogP) is 0.974. The fraction of sp³-hybridized carbons (Fsp3) is 0.267. The first-order chi connectivity index (χ1) is 10.1. The van der Waals surface area contributed by atoms with E-state index in [1.165, 1.54) is 10.7 Å². The Bertz CT molecular complexity index is 903. The predicted molar refractivity (Wildman–Crippen MR) is 80.5 cm³/mol. The van der Waals surface area contributed by atoms with E-state index in [2.05, 4.69) is 10.1 Å². The van der Waals surface area contributed by atoms with E-state index in [9.17, 15) is 9.59 Å². The zero-order valence-corrected chi connectivity index (χ0v) is 12.0. The van der Waals surface area contributed by atoms with Gasteiger partial charge in [-0.2, -0.15) is 0 Å². The zero-order valence-electron chi connectivity index (χ0n) is 12.0. The number of H-pyrrole nitrogens is 1. The monoisotopic (exact) mass is 284 g/mol. The second-order valence-electron chi connectivity index (χ2n) is 5.06. The first kappa shape index (κ1) is 13.4. The maximum absolute atomic E-state index is 12.2. The van der Waals surface area contributed by atoms with Gasteiger partial charge in [0.2, 0.25) is 0 Å². The number of pyridine rings is 2. The third-order valence-electron chi connectivity index (χ3n) is 3.69. The lowest BCUT2D eigenvalue weighted by molar-refractivity contribution is 0.646. The number of rotatable bonds is 3. The lowest BCUT2D eigenvalue weighted by Gasteiger charge is -2.09. The van der Waals surface area contributed by atoms with Gasteiger partial charge < -0.3 is 4.57 Å². The topological polar surface area (TPSA) is 72.7 Å². The molecular formula is C15H16N4O2. The lowest BCUT2D eigenvalue weighted by Crippen LogP contribution is -2.24. The summed E-state index contributed by atoms with van der Waals surface area (Å²) in [6, 6.07) is 7.18. The van der Waals surface area contributed by atoms with Crippen LogP contribution in [0, 0.1) is 6.92 Å². The van der Waals surface area contributed by atoms with Gasteiger partial charge in [-0.25, -0.2) is 0 Å². The molecule has 0 saturated carbocycles. The minimum atomic E-state index is -0.117. The van der Waals surface area contributed by atoms with Crippen molar-refractivity contribution in [3.63, 3.8) is 0 Å². The van der Waals surface area contributed by atoms with Crippen molar-refractivity contribution in [3.8, 4) is 0 Å². The Labute approximate surface area is 120 Å². The van der Waals surface area contributed by atoms with Crippen molar-refractivity contribution < 1.29 is 0 Å². The van der Waals surface area contributed by atoms with Crippen LogP contribution in [0.3, 0.4) is 0 Å². The van der Waals surface area contributed by atoms with Gasteiger partial charge in [-0.1, -0.05) is 6.07 Å². The fourth-order valence-electron chi connectivity index (χ4n) is 2.58. The highest BCUT2D eigenvalue weighted by Crippen LogP contribution is 2.10. The molecule has 0 bridgehead atoms. The Hall–Kier alpha value is -2.63. The summed E-state index contributed by atoms with van der Waals surface area (Å²) in [5.41, 5.74) is 1.96. The molecule has 0 saturated heterocycles. The summed E-state index contributed by atoms with van der Waals surface area (Å²) in [4.78, 5) is 28.5. The zero-order chi connectivity index (χ0) is 15.0. The third kappa shape index (κ3) is 2.29. The molecule has 0 aliphatic rings. The molecule has 3 aromatic rings. The molecule has 0 aliphatic carbocycles. The van der Waals surface area contributed by atoms with Crippen LogP contribution in [0.25, 0.3) is 10.9 Å². The van der Waals surface area contributed by atoms with Crippen LogP contribution in [0.4, 0.5) is 0 Å². The summed E-state index contributed by atoms with van der Waals surface area (Å²) in [7, 11) is 1.64. The smallest absolute Gasteiger partial charge is 0.275 e. The molecule has 0 fully saturated rings. The highest BCUT2D eigenvalue weighted by molar-refractivity contribution is 5.79. The van der Waals surface area contributed by atoms with Crippen LogP contribution in [-0.4, -0.2) is 19.3 Å². The largest absolute Gasteiger partial charge is 0.312 e. The number of nitrogens with zero attached hydrogens (tertiary/aromatic N) is 3. The molecule has 1 N–H and O–H groups in total. The summed E-state index contributed by atoms with van der Waals surface area (Å²) in [5.74, 6) is 0. The molecule has 3 aromatic heterocycles. The molecule has 0 amide bonds. The van der Waals surface area contributed by atoms with Crippen molar-refractivity contribution in [2.45, 2.75) is 19.9 Å². The molecule has 0 spiro atoms. The summed E-state index contributed by atoms with van der Waals surface area (Å²) in [6.07, 6.45) is 2.38. The van der Waals surface area contributed by atoms with Crippen LogP contribution >= 0.6 is 0 Å².